The molecule has 2 aromatic heterocycles. The van der Waals surface area contributed by atoms with Crippen molar-refractivity contribution >= 4 is 24.0 Å². The predicted octanol–water partition coefficient (Wildman–Crippen LogP) is 2.82. The van der Waals surface area contributed by atoms with E-state index in [1.807, 2.05) is 6.07 Å². The molecular weight excluding hydrogens is 366 g/mol. The highest BCUT2D eigenvalue weighted by atomic mass is 79.9. The average molecular weight is 386 g/mol. The lowest BCUT2D eigenvalue weighted by molar-refractivity contribution is 0.0674. The number of ether oxygens (including phenoxy) is 2. The van der Waals surface area contributed by atoms with Crippen molar-refractivity contribution in [1.29, 1.82) is 0 Å². The lowest BCUT2D eigenvalue weighted by Gasteiger charge is -2.14. The van der Waals surface area contributed by atoms with Gasteiger partial charge in [0.1, 0.15) is 0 Å². The largest absolute Gasteiger partial charge is 0.480 e. The number of halogens is 1. The smallest absolute Gasteiger partial charge is 0.224 e. The molecule has 0 aliphatic carbocycles. The van der Waals surface area contributed by atoms with Gasteiger partial charge in [0.05, 0.1) is 12.7 Å². The van der Waals surface area contributed by atoms with Gasteiger partial charge in [0.25, 0.3) is 0 Å². The van der Waals surface area contributed by atoms with E-state index >= 15 is 0 Å². The number of rotatable bonds is 7. The zero-order valence-electron chi connectivity index (χ0n) is 13.2. The minimum absolute atomic E-state index is 0.293. The molecule has 0 atom stereocenters. The van der Waals surface area contributed by atoms with Crippen molar-refractivity contribution in [3.63, 3.8) is 0 Å². The summed E-state index contributed by atoms with van der Waals surface area (Å²) in [5.41, 5.74) is 0.685. The summed E-state index contributed by atoms with van der Waals surface area (Å²) in [7, 11) is 0.477. The summed E-state index contributed by atoms with van der Waals surface area (Å²) < 4.78 is 11.7. The maximum absolute atomic E-state index is 5.60. The Kier molecular flexibility index (Phi) is 5.65. The van der Waals surface area contributed by atoms with Crippen LogP contribution >= 0.6 is 15.9 Å². The van der Waals surface area contributed by atoms with Crippen LogP contribution in [0.1, 0.15) is 0 Å². The van der Waals surface area contributed by atoms with Gasteiger partial charge in [0.15, 0.2) is 6.73 Å². The predicted molar refractivity (Wildman–Crippen MR) is 89.4 cm³/mol. The molecule has 0 aliphatic heterocycles. The fourth-order valence-electron chi connectivity index (χ4n) is 1.68. The molecule has 2 heterocycles. The van der Waals surface area contributed by atoms with Gasteiger partial charge in [-0.05, 0) is 33.3 Å². The lowest BCUT2D eigenvalue weighted by Crippen LogP contribution is -2.22. The van der Waals surface area contributed by atoms with Crippen LogP contribution in [-0.2, 0) is 11.5 Å². The minimum Gasteiger partial charge on any atom is -0.480 e. The molecule has 0 radical (unpaired) electrons. The Bertz CT molecular complexity index is 629. The number of nitrogens with zero attached hydrogens (tertiary/aromatic N) is 5. The first-order chi connectivity index (χ1) is 10.4. The molecule has 0 saturated heterocycles. The average Bonchev–Trinajstić information content (AvgIpc) is 2.91. The van der Waals surface area contributed by atoms with Crippen molar-refractivity contribution in [2.45, 2.75) is 32.4 Å². The van der Waals surface area contributed by atoms with Gasteiger partial charge in [0.2, 0.25) is 11.7 Å². The van der Waals surface area contributed by atoms with Crippen molar-refractivity contribution < 1.29 is 9.47 Å². The maximum Gasteiger partial charge on any atom is 0.224 e. The minimum atomic E-state index is -1.08. The zero-order valence-corrected chi connectivity index (χ0v) is 15.8. The van der Waals surface area contributed by atoms with Crippen molar-refractivity contribution in [1.82, 2.24) is 25.2 Å². The van der Waals surface area contributed by atoms with Crippen LogP contribution in [0.3, 0.4) is 0 Å². The summed E-state index contributed by atoms with van der Waals surface area (Å²) in [5, 5.41) is 12.3. The van der Waals surface area contributed by atoms with Gasteiger partial charge in [-0.1, -0.05) is 19.6 Å². The third kappa shape index (κ3) is 4.85. The van der Waals surface area contributed by atoms with E-state index in [1.165, 1.54) is 4.80 Å². The van der Waals surface area contributed by atoms with Gasteiger partial charge < -0.3 is 9.47 Å². The second kappa shape index (κ2) is 7.29. The van der Waals surface area contributed by atoms with Crippen LogP contribution in [0.25, 0.3) is 11.4 Å². The molecule has 0 N–H and O–H groups in total. The van der Waals surface area contributed by atoms with E-state index in [0.717, 1.165) is 10.5 Å². The van der Waals surface area contributed by atoms with E-state index in [4.69, 9.17) is 9.47 Å². The van der Waals surface area contributed by atoms with Crippen molar-refractivity contribution in [2.24, 2.45) is 0 Å². The Labute approximate surface area is 139 Å². The molecule has 2 aromatic rings. The molecule has 0 spiro atoms. The molecular formula is C13H20BrN5O2Si. The van der Waals surface area contributed by atoms with Crippen molar-refractivity contribution in [2.75, 3.05) is 13.7 Å². The lowest BCUT2D eigenvalue weighted by atomic mass is 10.2. The van der Waals surface area contributed by atoms with Crippen LogP contribution in [-0.4, -0.2) is 47.0 Å². The molecule has 0 aliphatic rings. The normalized spacial score (nSPS) is 11.7. The first kappa shape index (κ1) is 17.0. The summed E-state index contributed by atoms with van der Waals surface area (Å²) in [6.07, 6.45) is 1.66. The van der Waals surface area contributed by atoms with E-state index in [1.54, 1.807) is 13.3 Å². The van der Waals surface area contributed by atoms with E-state index in [0.29, 0.717) is 30.6 Å². The molecule has 2 rings (SSSR count). The summed E-state index contributed by atoms with van der Waals surface area (Å²) in [4.78, 5) is 5.60. The fraction of sp³-hybridized carbons (Fsp3) is 0.538. The number of hydrogen-bond donors (Lipinski definition) is 0. The molecule has 7 nitrogen and oxygen atoms in total. The Morgan fingerprint density at radius 2 is 2.09 bits per heavy atom. The highest BCUT2D eigenvalue weighted by molar-refractivity contribution is 9.10. The molecule has 0 saturated carbocycles. The maximum atomic E-state index is 5.60. The first-order valence-corrected chi connectivity index (χ1v) is 11.4. The third-order valence-electron chi connectivity index (χ3n) is 2.91. The van der Waals surface area contributed by atoms with E-state index in [-0.39, 0.29) is 0 Å². The van der Waals surface area contributed by atoms with Crippen molar-refractivity contribution in [3.8, 4) is 17.3 Å². The SMILES string of the molecule is COc1ncc(Br)cc1-c1nnn(COCC[Si](C)(C)C)n1. The fourth-order valence-corrected chi connectivity index (χ4v) is 2.77. The Morgan fingerprint density at radius 1 is 1.32 bits per heavy atom. The Morgan fingerprint density at radius 3 is 2.77 bits per heavy atom. The number of tetrazole rings is 1. The molecule has 120 valence electrons. The van der Waals surface area contributed by atoms with E-state index in [9.17, 15) is 0 Å². The number of hydrogen-bond acceptors (Lipinski definition) is 6. The van der Waals surface area contributed by atoms with E-state index in [2.05, 4.69) is 56.0 Å². The van der Waals surface area contributed by atoms with Crippen LogP contribution in [0.4, 0.5) is 0 Å². The highest BCUT2D eigenvalue weighted by Gasteiger charge is 2.15. The molecule has 0 bridgehead atoms. The highest BCUT2D eigenvalue weighted by Crippen LogP contribution is 2.27. The summed E-state index contributed by atoms with van der Waals surface area (Å²) >= 11 is 3.38. The van der Waals surface area contributed by atoms with Gasteiger partial charge >= 0.3 is 0 Å². The Hall–Kier alpha value is -1.32. The zero-order chi connectivity index (χ0) is 16.2. The molecule has 0 aromatic carbocycles. The number of pyridine rings is 1. The van der Waals surface area contributed by atoms with Crippen LogP contribution < -0.4 is 4.74 Å². The molecule has 0 amide bonds. The van der Waals surface area contributed by atoms with E-state index < -0.39 is 8.07 Å². The van der Waals surface area contributed by atoms with Gasteiger partial charge in [-0.15, -0.1) is 15.0 Å². The summed E-state index contributed by atoms with van der Waals surface area (Å²) in [6.45, 7) is 7.95. The number of aromatic nitrogens is 5. The van der Waals surface area contributed by atoms with Gasteiger partial charge in [0, 0.05) is 25.4 Å². The first-order valence-electron chi connectivity index (χ1n) is 6.94. The molecule has 0 fully saturated rings. The standard InChI is InChI=1S/C13H20BrN5O2Si/c1-20-13-11(7-10(14)8-15-13)12-16-18-19(17-12)9-21-5-6-22(2,3)4/h7-8H,5-6,9H2,1-4H3. The quantitative estimate of drug-likeness (QED) is 0.538. The topological polar surface area (TPSA) is 75.0 Å². The van der Waals surface area contributed by atoms with Gasteiger partial charge in [-0.25, -0.2) is 4.98 Å². The van der Waals surface area contributed by atoms with Crippen LogP contribution in [0, 0.1) is 0 Å². The summed E-state index contributed by atoms with van der Waals surface area (Å²) in [5.74, 6) is 0.918. The van der Waals surface area contributed by atoms with Crippen LogP contribution in [0.5, 0.6) is 5.88 Å². The Balaban J connectivity index is 2.01. The van der Waals surface area contributed by atoms with Crippen molar-refractivity contribution in [3.05, 3.63) is 16.7 Å². The number of methoxy groups -OCH3 is 1. The third-order valence-corrected chi connectivity index (χ3v) is 5.05. The van der Waals surface area contributed by atoms with Crippen LogP contribution in [0.2, 0.25) is 25.7 Å². The van der Waals surface area contributed by atoms with Gasteiger partial charge in [-0.3, -0.25) is 0 Å². The van der Waals surface area contributed by atoms with Crippen LogP contribution in [0.15, 0.2) is 16.7 Å². The summed E-state index contributed by atoms with van der Waals surface area (Å²) in [6, 6.07) is 2.96. The second-order valence-corrected chi connectivity index (χ2v) is 12.6. The molecule has 9 heteroatoms. The monoisotopic (exact) mass is 385 g/mol. The molecule has 22 heavy (non-hydrogen) atoms. The second-order valence-electron chi connectivity index (χ2n) is 6.04. The molecule has 0 unspecified atom stereocenters. The van der Waals surface area contributed by atoms with Gasteiger partial charge in [-0.2, -0.15) is 0 Å².